The van der Waals surface area contributed by atoms with E-state index in [0.717, 1.165) is 22.1 Å². The zero-order valence-electron chi connectivity index (χ0n) is 12.1. The molecule has 1 rings (SSSR count). The zero-order valence-corrected chi connectivity index (χ0v) is 14.7. The summed E-state index contributed by atoms with van der Waals surface area (Å²) in [5, 5.41) is 9.08. The molecule has 9 heteroatoms. The highest BCUT2D eigenvalue weighted by atomic mass is 32.5. The molecule has 1 aromatic carbocycles. The van der Waals surface area contributed by atoms with Crippen LogP contribution in [0.5, 0.6) is 0 Å². The molecule has 1 amide bonds. The van der Waals surface area contributed by atoms with E-state index in [0.29, 0.717) is 13.2 Å². The Morgan fingerprint density at radius 2 is 1.81 bits per heavy atom. The van der Waals surface area contributed by atoms with E-state index in [1.54, 1.807) is 4.08 Å². The maximum atomic E-state index is 11.1. The second-order valence-electron chi connectivity index (χ2n) is 3.77. The molecular formula is C12H19N2O4PS2. The fraction of sp³-hybridized carbons (Fsp3) is 0.417. The number of para-hydroxylation sites is 1. The van der Waals surface area contributed by atoms with Crippen LogP contribution in [0.1, 0.15) is 13.8 Å². The van der Waals surface area contributed by atoms with Gasteiger partial charge in [0.15, 0.2) is 0 Å². The Bertz CT molecular complexity index is 493. The van der Waals surface area contributed by atoms with Gasteiger partial charge in [-0.05, 0) is 37.8 Å². The zero-order chi connectivity index (χ0) is 15.9. The van der Waals surface area contributed by atoms with Crippen molar-refractivity contribution >= 4 is 42.4 Å². The van der Waals surface area contributed by atoms with Crippen LogP contribution in [-0.4, -0.2) is 35.8 Å². The Morgan fingerprint density at radius 3 is 2.24 bits per heavy atom. The van der Waals surface area contributed by atoms with Crippen LogP contribution in [0.25, 0.3) is 0 Å². The van der Waals surface area contributed by atoms with Gasteiger partial charge in [-0.1, -0.05) is 18.2 Å². The van der Waals surface area contributed by atoms with E-state index in [-0.39, 0.29) is 0 Å². The Balaban J connectivity index is 3.16. The number of nitrogens with zero attached hydrogens (tertiary/aromatic N) is 2. The van der Waals surface area contributed by atoms with Crippen molar-refractivity contribution in [3.8, 4) is 0 Å². The second-order valence-corrected chi connectivity index (χ2v) is 8.36. The van der Waals surface area contributed by atoms with Crippen LogP contribution in [0, 0.1) is 0 Å². The Hall–Kier alpha value is -0.790. The lowest BCUT2D eigenvalue weighted by molar-refractivity contribution is 0.181. The van der Waals surface area contributed by atoms with Gasteiger partial charge in [-0.2, -0.15) is 0 Å². The Morgan fingerprint density at radius 1 is 1.29 bits per heavy atom. The summed E-state index contributed by atoms with van der Waals surface area (Å²) < 4.78 is 14.0. The van der Waals surface area contributed by atoms with E-state index in [1.807, 2.05) is 44.2 Å². The van der Waals surface area contributed by atoms with Crippen molar-refractivity contribution < 1.29 is 18.9 Å². The molecule has 0 heterocycles. The molecule has 21 heavy (non-hydrogen) atoms. The molecule has 0 radical (unpaired) electrons. The summed E-state index contributed by atoms with van der Waals surface area (Å²) in [6.07, 6.45) is -1.07. The lowest BCUT2D eigenvalue weighted by Crippen LogP contribution is -2.25. The molecule has 0 saturated carbocycles. The highest BCUT2D eigenvalue weighted by Crippen LogP contribution is 2.58. The highest BCUT2D eigenvalue weighted by Gasteiger charge is 2.31. The molecule has 0 aliphatic rings. The van der Waals surface area contributed by atoms with E-state index in [2.05, 4.69) is 0 Å². The molecule has 1 aromatic rings. The molecule has 0 unspecified atom stereocenters. The summed E-state index contributed by atoms with van der Waals surface area (Å²) in [5.41, 5.74) is 0.737. The topological polar surface area (TPSA) is 62.2 Å². The number of hydrogen-bond acceptors (Lipinski definition) is 5. The fourth-order valence-electron chi connectivity index (χ4n) is 1.41. The van der Waals surface area contributed by atoms with E-state index in [1.165, 1.54) is 7.05 Å². The predicted molar refractivity (Wildman–Crippen MR) is 89.8 cm³/mol. The molecule has 0 aromatic heterocycles. The minimum absolute atomic E-state index is 0.387. The standard InChI is InChI=1S/C12H19N2O4PS2/c1-4-17-19(20,18-5-2)14(21-13(3)12(15)16)11-9-7-6-8-10-11/h6-10H,4-5H2,1-3H3,(H,15,16). The molecule has 0 atom stereocenters. The molecule has 1 N–H and O–H groups in total. The van der Waals surface area contributed by atoms with Crippen molar-refractivity contribution in [2.75, 3.05) is 24.3 Å². The van der Waals surface area contributed by atoms with Crippen LogP contribution < -0.4 is 4.08 Å². The van der Waals surface area contributed by atoms with Crippen molar-refractivity contribution in [3.63, 3.8) is 0 Å². The number of carbonyl (C=O) groups is 1. The lowest BCUT2D eigenvalue weighted by atomic mass is 10.3. The third-order valence-electron chi connectivity index (χ3n) is 2.25. The van der Waals surface area contributed by atoms with E-state index < -0.39 is 12.7 Å². The summed E-state index contributed by atoms with van der Waals surface area (Å²) in [5.74, 6) is 0. The molecule has 0 aliphatic carbocycles. The van der Waals surface area contributed by atoms with Gasteiger partial charge in [-0.3, -0.25) is 0 Å². The van der Waals surface area contributed by atoms with Gasteiger partial charge in [0.25, 0.3) is 0 Å². The summed E-state index contributed by atoms with van der Waals surface area (Å²) in [6, 6.07) is 9.24. The first kappa shape index (κ1) is 18.3. The SMILES string of the molecule is CCOP(=S)(OCC)N(SN(C)C(=O)O)c1ccccc1. The fourth-order valence-corrected chi connectivity index (χ4v) is 5.43. The molecule has 118 valence electrons. The van der Waals surface area contributed by atoms with Crippen molar-refractivity contribution in [1.82, 2.24) is 4.31 Å². The van der Waals surface area contributed by atoms with Gasteiger partial charge in [0.05, 0.1) is 31.0 Å². The maximum Gasteiger partial charge on any atom is 0.418 e. The lowest BCUT2D eigenvalue weighted by Gasteiger charge is -2.34. The van der Waals surface area contributed by atoms with Crippen LogP contribution in [-0.2, 0) is 20.9 Å². The van der Waals surface area contributed by atoms with E-state index >= 15 is 0 Å². The average Bonchev–Trinajstić information content (AvgIpc) is 2.45. The highest BCUT2D eigenvalue weighted by molar-refractivity contribution is 8.19. The quantitative estimate of drug-likeness (QED) is 0.562. The monoisotopic (exact) mass is 350 g/mol. The molecule has 0 spiro atoms. The minimum atomic E-state index is -2.82. The predicted octanol–water partition coefficient (Wildman–Crippen LogP) is 3.96. The normalized spacial score (nSPS) is 11.2. The summed E-state index contributed by atoms with van der Waals surface area (Å²) in [6.45, 7) is 1.61. The number of amides is 1. The van der Waals surface area contributed by atoms with Gasteiger partial charge in [0, 0.05) is 7.05 Å². The molecular weight excluding hydrogens is 331 g/mol. The van der Waals surface area contributed by atoms with Gasteiger partial charge >= 0.3 is 12.7 Å². The van der Waals surface area contributed by atoms with Crippen molar-refractivity contribution in [3.05, 3.63) is 30.3 Å². The van der Waals surface area contributed by atoms with Crippen LogP contribution in [0.4, 0.5) is 10.5 Å². The van der Waals surface area contributed by atoms with Crippen LogP contribution in [0.2, 0.25) is 0 Å². The number of hydrogen-bond donors (Lipinski definition) is 1. The first-order chi connectivity index (χ1) is 9.94. The Kier molecular flexibility index (Phi) is 7.48. The van der Waals surface area contributed by atoms with E-state index in [9.17, 15) is 4.79 Å². The van der Waals surface area contributed by atoms with Crippen LogP contribution >= 0.6 is 18.8 Å². The van der Waals surface area contributed by atoms with Gasteiger partial charge in [0.1, 0.15) is 0 Å². The molecule has 0 fully saturated rings. The van der Waals surface area contributed by atoms with Gasteiger partial charge in [-0.15, -0.1) is 0 Å². The third kappa shape index (κ3) is 5.16. The van der Waals surface area contributed by atoms with Gasteiger partial charge in [0.2, 0.25) is 0 Å². The van der Waals surface area contributed by atoms with Gasteiger partial charge in [-0.25, -0.2) is 13.2 Å². The first-order valence-corrected chi connectivity index (χ1v) is 9.66. The summed E-state index contributed by atoms with van der Waals surface area (Å²) >= 11 is 6.52. The molecule has 6 nitrogen and oxygen atoms in total. The van der Waals surface area contributed by atoms with Crippen molar-refractivity contribution in [2.45, 2.75) is 13.8 Å². The molecule has 0 aliphatic heterocycles. The molecule has 0 bridgehead atoms. The Labute approximate surface area is 134 Å². The molecule has 0 saturated heterocycles. The summed E-state index contributed by atoms with van der Waals surface area (Å²) in [7, 11) is 1.44. The van der Waals surface area contributed by atoms with Crippen molar-refractivity contribution in [1.29, 1.82) is 0 Å². The summed E-state index contributed by atoms with van der Waals surface area (Å²) in [4.78, 5) is 11.1. The first-order valence-electron chi connectivity index (χ1n) is 6.34. The second kappa shape index (κ2) is 8.60. The average molecular weight is 350 g/mol. The minimum Gasteiger partial charge on any atom is -0.464 e. The number of benzene rings is 1. The number of anilines is 1. The number of carboxylic acid groups (broad SMARTS) is 1. The smallest absolute Gasteiger partial charge is 0.418 e. The van der Waals surface area contributed by atoms with E-state index in [4.69, 9.17) is 26.0 Å². The largest absolute Gasteiger partial charge is 0.464 e. The van der Waals surface area contributed by atoms with Gasteiger partial charge < -0.3 is 14.2 Å². The maximum absolute atomic E-state index is 11.1. The van der Waals surface area contributed by atoms with Crippen molar-refractivity contribution in [2.24, 2.45) is 0 Å². The van der Waals surface area contributed by atoms with Crippen LogP contribution in [0.15, 0.2) is 30.3 Å². The van der Waals surface area contributed by atoms with Crippen LogP contribution in [0.3, 0.4) is 0 Å². The third-order valence-corrected chi connectivity index (χ3v) is 7.16. The number of rotatable bonds is 8.